The highest BCUT2D eigenvalue weighted by Crippen LogP contribution is 2.27. The van der Waals surface area contributed by atoms with E-state index in [1.54, 1.807) is 74.5 Å². The number of likely N-dealkylation sites (N-methyl/N-ethyl adjacent to an activating group) is 1. The van der Waals surface area contributed by atoms with Gasteiger partial charge < -0.3 is 15.0 Å². The molecule has 1 unspecified atom stereocenters. The molecule has 2 amide bonds. The third kappa shape index (κ3) is 7.55. The average molecular weight is 586 g/mol. The van der Waals surface area contributed by atoms with Crippen LogP contribution in [0.15, 0.2) is 77.7 Å². The standard InChI is InChI=1S/C30H36ClN3O5S/c1-5-28(30(36)32-6-2)33(20-23-10-8-9-11-27(23)31)29(35)21-34(24-14-12-22(4)13-15-24)40(37,38)26-18-16-25(17-19-26)39-7-3/h8-19,28H,5-7,20-21H2,1-4H3,(H,32,36). The van der Waals surface area contributed by atoms with Gasteiger partial charge in [-0.15, -0.1) is 0 Å². The van der Waals surface area contributed by atoms with E-state index < -0.39 is 28.5 Å². The van der Waals surface area contributed by atoms with Crippen molar-refractivity contribution >= 4 is 39.1 Å². The maximum Gasteiger partial charge on any atom is 0.264 e. The van der Waals surface area contributed by atoms with E-state index in [4.69, 9.17) is 16.3 Å². The Balaban J connectivity index is 2.05. The Bertz CT molecular complexity index is 1400. The van der Waals surface area contributed by atoms with Gasteiger partial charge in [-0.3, -0.25) is 13.9 Å². The fourth-order valence-corrected chi connectivity index (χ4v) is 5.87. The zero-order valence-electron chi connectivity index (χ0n) is 23.3. The van der Waals surface area contributed by atoms with Crippen LogP contribution in [0.3, 0.4) is 0 Å². The van der Waals surface area contributed by atoms with E-state index in [1.165, 1.54) is 17.0 Å². The Kier molecular flexibility index (Phi) is 11.0. The second-order valence-electron chi connectivity index (χ2n) is 9.18. The molecule has 214 valence electrons. The summed E-state index contributed by atoms with van der Waals surface area (Å²) in [7, 11) is -4.17. The molecule has 0 aliphatic carbocycles. The molecule has 0 saturated heterocycles. The fourth-order valence-electron chi connectivity index (χ4n) is 4.26. The van der Waals surface area contributed by atoms with E-state index in [1.807, 2.05) is 13.8 Å². The molecule has 3 rings (SSSR count). The van der Waals surface area contributed by atoms with E-state index in [-0.39, 0.29) is 17.3 Å². The maximum atomic E-state index is 14.0. The van der Waals surface area contributed by atoms with Gasteiger partial charge in [-0.25, -0.2) is 8.42 Å². The Morgan fingerprint density at radius 2 is 1.60 bits per heavy atom. The number of amides is 2. The summed E-state index contributed by atoms with van der Waals surface area (Å²) in [5.74, 6) is -0.312. The molecular weight excluding hydrogens is 550 g/mol. The van der Waals surface area contributed by atoms with Gasteiger partial charge in [0.05, 0.1) is 17.2 Å². The first-order valence-electron chi connectivity index (χ1n) is 13.2. The Morgan fingerprint density at radius 3 is 2.17 bits per heavy atom. The molecule has 3 aromatic carbocycles. The van der Waals surface area contributed by atoms with Crippen LogP contribution in [-0.4, -0.2) is 50.9 Å². The van der Waals surface area contributed by atoms with Crippen molar-refractivity contribution in [3.05, 3.63) is 88.9 Å². The van der Waals surface area contributed by atoms with Crippen molar-refractivity contribution in [3.8, 4) is 5.75 Å². The van der Waals surface area contributed by atoms with Crippen LogP contribution in [0.4, 0.5) is 5.69 Å². The molecule has 0 aliphatic heterocycles. The highest BCUT2D eigenvalue weighted by Gasteiger charge is 2.33. The molecule has 1 atom stereocenters. The lowest BCUT2D eigenvalue weighted by atomic mass is 10.1. The number of anilines is 1. The normalized spacial score (nSPS) is 11.9. The summed E-state index contributed by atoms with van der Waals surface area (Å²) in [5, 5.41) is 3.23. The van der Waals surface area contributed by atoms with Crippen LogP contribution in [0, 0.1) is 6.92 Å². The zero-order valence-corrected chi connectivity index (χ0v) is 24.8. The molecule has 10 heteroatoms. The molecule has 0 saturated carbocycles. The number of aryl methyl sites for hydroxylation is 1. The van der Waals surface area contributed by atoms with Crippen molar-refractivity contribution in [1.82, 2.24) is 10.2 Å². The highest BCUT2D eigenvalue weighted by atomic mass is 35.5. The van der Waals surface area contributed by atoms with Gasteiger partial charge in [-0.05, 0) is 75.2 Å². The molecule has 0 aliphatic rings. The first kappa shape index (κ1) is 31.0. The quantitative estimate of drug-likeness (QED) is 0.298. The second kappa shape index (κ2) is 14.2. The minimum absolute atomic E-state index is 0.0118. The first-order chi connectivity index (χ1) is 19.1. The van der Waals surface area contributed by atoms with Crippen LogP contribution >= 0.6 is 11.6 Å². The van der Waals surface area contributed by atoms with E-state index >= 15 is 0 Å². The number of carbonyl (C=O) groups is 2. The molecule has 0 heterocycles. The number of ether oxygens (including phenoxy) is 1. The number of nitrogens with zero attached hydrogens (tertiary/aromatic N) is 2. The lowest BCUT2D eigenvalue weighted by Gasteiger charge is -2.33. The van der Waals surface area contributed by atoms with Crippen LogP contribution in [-0.2, 0) is 26.2 Å². The number of benzene rings is 3. The number of carbonyl (C=O) groups excluding carboxylic acids is 2. The van der Waals surface area contributed by atoms with Crippen LogP contribution in [0.5, 0.6) is 5.75 Å². The monoisotopic (exact) mass is 585 g/mol. The Morgan fingerprint density at radius 1 is 0.950 bits per heavy atom. The third-order valence-corrected chi connectivity index (χ3v) is 8.52. The van der Waals surface area contributed by atoms with Crippen molar-refractivity contribution in [2.45, 2.75) is 51.6 Å². The van der Waals surface area contributed by atoms with Crippen molar-refractivity contribution in [2.75, 3.05) is 24.0 Å². The molecule has 0 radical (unpaired) electrons. The summed E-state index contributed by atoms with van der Waals surface area (Å²) in [6.07, 6.45) is 0.332. The number of nitrogens with one attached hydrogen (secondary N) is 1. The summed E-state index contributed by atoms with van der Waals surface area (Å²) >= 11 is 6.41. The minimum Gasteiger partial charge on any atom is -0.494 e. The molecule has 0 bridgehead atoms. The Hall–Kier alpha value is -3.56. The topological polar surface area (TPSA) is 96.0 Å². The van der Waals surface area contributed by atoms with Gasteiger partial charge in [0.25, 0.3) is 10.0 Å². The molecule has 0 aromatic heterocycles. The largest absolute Gasteiger partial charge is 0.494 e. The van der Waals surface area contributed by atoms with Crippen molar-refractivity contribution in [3.63, 3.8) is 0 Å². The molecule has 0 spiro atoms. The van der Waals surface area contributed by atoms with Gasteiger partial charge in [0, 0.05) is 18.1 Å². The van der Waals surface area contributed by atoms with Crippen LogP contribution in [0.25, 0.3) is 0 Å². The van der Waals surface area contributed by atoms with Gasteiger partial charge in [0.2, 0.25) is 11.8 Å². The van der Waals surface area contributed by atoms with E-state index in [2.05, 4.69) is 5.32 Å². The number of rotatable bonds is 13. The van der Waals surface area contributed by atoms with Crippen molar-refractivity contribution in [2.24, 2.45) is 0 Å². The van der Waals surface area contributed by atoms with Gasteiger partial charge in [0.15, 0.2) is 0 Å². The number of hydrogen-bond donors (Lipinski definition) is 1. The van der Waals surface area contributed by atoms with E-state index in [0.29, 0.717) is 41.6 Å². The number of hydrogen-bond acceptors (Lipinski definition) is 5. The first-order valence-corrected chi connectivity index (χ1v) is 15.1. The summed E-state index contributed by atoms with van der Waals surface area (Å²) in [5.41, 5.74) is 1.92. The molecule has 1 N–H and O–H groups in total. The molecule has 8 nitrogen and oxygen atoms in total. The SMILES string of the molecule is CCNC(=O)C(CC)N(Cc1ccccc1Cl)C(=O)CN(c1ccc(C)cc1)S(=O)(=O)c1ccc(OCC)cc1. The summed E-state index contributed by atoms with van der Waals surface area (Å²) in [4.78, 5) is 28.4. The van der Waals surface area contributed by atoms with Crippen molar-refractivity contribution < 1.29 is 22.7 Å². The fraction of sp³-hybridized carbons (Fsp3) is 0.333. The molecule has 3 aromatic rings. The predicted molar refractivity (Wildman–Crippen MR) is 158 cm³/mol. The summed E-state index contributed by atoms with van der Waals surface area (Å²) < 4.78 is 34.4. The minimum atomic E-state index is -4.17. The second-order valence-corrected chi connectivity index (χ2v) is 11.5. The molecular formula is C30H36ClN3O5S. The summed E-state index contributed by atoms with van der Waals surface area (Å²) in [6.45, 7) is 7.71. The molecule has 40 heavy (non-hydrogen) atoms. The molecule has 0 fully saturated rings. The van der Waals surface area contributed by atoms with Crippen LogP contribution in [0.1, 0.15) is 38.3 Å². The lowest BCUT2D eigenvalue weighted by Crippen LogP contribution is -2.52. The predicted octanol–water partition coefficient (Wildman–Crippen LogP) is 5.19. The Labute approximate surface area is 241 Å². The number of sulfonamides is 1. The van der Waals surface area contributed by atoms with E-state index in [0.717, 1.165) is 9.87 Å². The van der Waals surface area contributed by atoms with Crippen LogP contribution < -0.4 is 14.4 Å². The smallest absolute Gasteiger partial charge is 0.264 e. The van der Waals surface area contributed by atoms with Gasteiger partial charge in [-0.2, -0.15) is 0 Å². The van der Waals surface area contributed by atoms with Crippen LogP contribution in [0.2, 0.25) is 5.02 Å². The van der Waals surface area contributed by atoms with Gasteiger partial charge in [-0.1, -0.05) is 54.4 Å². The number of halogens is 1. The van der Waals surface area contributed by atoms with E-state index in [9.17, 15) is 18.0 Å². The average Bonchev–Trinajstić information content (AvgIpc) is 2.93. The summed E-state index contributed by atoms with van der Waals surface area (Å²) in [6, 6.07) is 19.2. The van der Waals surface area contributed by atoms with Crippen molar-refractivity contribution in [1.29, 1.82) is 0 Å². The zero-order chi connectivity index (χ0) is 29.3. The van der Waals surface area contributed by atoms with Gasteiger partial charge in [0.1, 0.15) is 18.3 Å². The van der Waals surface area contributed by atoms with Gasteiger partial charge >= 0.3 is 0 Å². The maximum absolute atomic E-state index is 14.0. The lowest BCUT2D eigenvalue weighted by molar-refractivity contribution is -0.140. The third-order valence-electron chi connectivity index (χ3n) is 6.36. The highest BCUT2D eigenvalue weighted by molar-refractivity contribution is 7.92.